The zero-order valence-electron chi connectivity index (χ0n) is 17.5. The van der Waals surface area contributed by atoms with Gasteiger partial charge in [-0.05, 0) is 55.8 Å². The van der Waals surface area contributed by atoms with Gasteiger partial charge in [0.05, 0.1) is 18.8 Å². The molecule has 1 aromatic heterocycles. The highest BCUT2D eigenvalue weighted by Gasteiger charge is 2.26. The van der Waals surface area contributed by atoms with E-state index in [-0.39, 0.29) is 0 Å². The van der Waals surface area contributed by atoms with Crippen LogP contribution >= 0.6 is 0 Å². The van der Waals surface area contributed by atoms with Gasteiger partial charge in [-0.25, -0.2) is 0 Å². The van der Waals surface area contributed by atoms with Gasteiger partial charge in [-0.3, -0.25) is 0 Å². The molecule has 0 spiro atoms. The molecule has 0 aliphatic carbocycles. The maximum atomic E-state index is 10.7. The van der Waals surface area contributed by atoms with Crippen LogP contribution in [0.5, 0.6) is 5.75 Å². The van der Waals surface area contributed by atoms with Crippen LogP contribution in [0.25, 0.3) is 11.3 Å². The summed E-state index contributed by atoms with van der Waals surface area (Å²) in [5.41, 5.74) is 2.53. The molecule has 3 N–H and O–H groups in total. The maximum Gasteiger partial charge on any atom is 0.134 e. The van der Waals surface area contributed by atoms with Crippen LogP contribution in [0, 0.1) is 6.92 Å². The molecule has 2 aromatic carbocycles. The smallest absolute Gasteiger partial charge is 0.134 e. The first-order valence-corrected chi connectivity index (χ1v) is 9.99. The minimum atomic E-state index is -1.02. The Hall–Kier alpha value is -2.80. The van der Waals surface area contributed by atoms with E-state index in [0.717, 1.165) is 28.3 Å². The van der Waals surface area contributed by atoms with Crippen LogP contribution in [-0.2, 0) is 4.74 Å². The molecule has 0 aliphatic rings. The Morgan fingerprint density at radius 3 is 2.50 bits per heavy atom. The fourth-order valence-electron chi connectivity index (χ4n) is 3.22. The Labute approximate surface area is 177 Å². The SMILES string of the molecule is COCCOc1cccc([C@@H](Nc2cccc(-c3ccc(C)o3)c2)[C@H](O)[C@H](C)O)c1. The van der Waals surface area contributed by atoms with Gasteiger partial charge in [0.25, 0.3) is 0 Å². The van der Waals surface area contributed by atoms with E-state index in [9.17, 15) is 10.2 Å². The molecule has 0 radical (unpaired) electrons. The van der Waals surface area contributed by atoms with Crippen LogP contribution in [0.15, 0.2) is 65.1 Å². The quantitative estimate of drug-likeness (QED) is 0.434. The van der Waals surface area contributed by atoms with Crippen molar-refractivity contribution >= 4 is 5.69 Å². The molecule has 30 heavy (non-hydrogen) atoms. The molecular formula is C24H29NO5. The first-order chi connectivity index (χ1) is 14.5. The molecule has 1 heterocycles. The minimum absolute atomic E-state index is 0.432. The van der Waals surface area contributed by atoms with Crippen molar-refractivity contribution in [2.45, 2.75) is 32.1 Å². The van der Waals surface area contributed by atoms with Gasteiger partial charge >= 0.3 is 0 Å². The van der Waals surface area contributed by atoms with Crippen LogP contribution < -0.4 is 10.1 Å². The number of methoxy groups -OCH3 is 1. The zero-order chi connectivity index (χ0) is 21.5. The molecule has 3 atom stereocenters. The molecule has 3 rings (SSSR count). The molecule has 6 nitrogen and oxygen atoms in total. The van der Waals surface area contributed by atoms with Crippen molar-refractivity contribution in [2.75, 3.05) is 25.6 Å². The number of anilines is 1. The lowest BCUT2D eigenvalue weighted by Crippen LogP contribution is -2.34. The predicted molar refractivity (Wildman–Crippen MR) is 117 cm³/mol. The number of benzene rings is 2. The van der Waals surface area contributed by atoms with Crippen molar-refractivity contribution in [3.05, 3.63) is 72.0 Å². The molecule has 0 fully saturated rings. The minimum Gasteiger partial charge on any atom is -0.491 e. The Kier molecular flexibility index (Phi) is 7.52. The highest BCUT2D eigenvalue weighted by Crippen LogP contribution is 2.30. The second-order valence-electron chi connectivity index (χ2n) is 7.26. The molecule has 160 valence electrons. The maximum absolute atomic E-state index is 10.7. The first-order valence-electron chi connectivity index (χ1n) is 9.99. The number of rotatable bonds is 10. The lowest BCUT2D eigenvalue weighted by molar-refractivity contribution is 0.0189. The van der Waals surface area contributed by atoms with Gasteiger partial charge in [-0.1, -0.05) is 24.3 Å². The number of nitrogens with one attached hydrogen (secondary N) is 1. The second-order valence-corrected chi connectivity index (χ2v) is 7.26. The first kappa shape index (κ1) is 21.9. The fraction of sp³-hybridized carbons (Fsp3) is 0.333. The molecule has 0 amide bonds. The number of ether oxygens (including phenoxy) is 2. The van der Waals surface area contributed by atoms with E-state index in [1.54, 1.807) is 14.0 Å². The van der Waals surface area contributed by atoms with Crippen molar-refractivity contribution in [2.24, 2.45) is 0 Å². The number of aliphatic hydroxyl groups is 2. The highest BCUT2D eigenvalue weighted by molar-refractivity contribution is 5.64. The van der Waals surface area contributed by atoms with Gasteiger partial charge in [0.1, 0.15) is 30.0 Å². The Morgan fingerprint density at radius 2 is 1.80 bits per heavy atom. The summed E-state index contributed by atoms with van der Waals surface area (Å²) in [6.07, 6.45) is -1.94. The van der Waals surface area contributed by atoms with Crippen molar-refractivity contribution in [3.63, 3.8) is 0 Å². The summed E-state index contributed by atoms with van der Waals surface area (Å²) in [4.78, 5) is 0. The number of aryl methyl sites for hydroxylation is 1. The van der Waals surface area contributed by atoms with Gasteiger partial charge in [0, 0.05) is 18.4 Å². The molecule has 0 saturated heterocycles. The normalized spacial score (nSPS) is 14.2. The molecule has 3 aromatic rings. The van der Waals surface area contributed by atoms with Crippen LogP contribution in [0.4, 0.5) is 5.69 Å². The molecule has 0 bridgehead atoms. The van der Waals surface area contributed by atoms with Gasteiger partial charge in [0.15, 0.2) is 0 Å². The summed E-state index contributed by atoms with van der Waals surface area (Å²) >= 11 is 0. The lowest BCUT2D eigenvalue weighted by atomic mass is 9.97. The third-order valence-electron chi connectivity index (χ3n) is 4.82. The summed E-state index contributed by atoms with van der Waals surface area (Å²) in [5, 5.41) is 24.1. The number of hydrogen-bond acceptors (Lipinski definition) is 6. The topological polar surface area (TPSA) is 84.1 Å². The van der Waals surface area contributed by atoms with E-state index in [0.29, 0.717) is 19.0 Å². The summed E-state index contributed by atoms with van der Waals surface area (Å²) in [6.45, 7) is 4.39. The zero-order valence-corrected chi connectivity index (χ0v) is 17.5. The molecule has 0 unspecified atom stereocenters. The van der Waals surface area contributed by atoms with E-state index in [1.165, 1.54) is 0 Å². The van der Waals surface area contributed by atoms with Crippen molar-refractivity contribution in [1.82, 2.24) is 0 Å². The van der Waals surface area contributed by atoms with E-state index < -0.39 is 18.2 Å². The Morgan fingerprint density at radius 1 is 1.00 bits per heavy atom. The lowest BCUT2D eigenvalue weighted by Gasteiger charge is -2.28. The molecule has 0 aliphatic heterocycles. The van der Waals surface area contributed by atoms with Crippen molar-refractivity contribution in [3.8, 4) is 17.1 Å². The summed E-state index contributed by atoms with van der Waals surface area (Å²) in [5.74, 6) is 2.29. The molecule has 0 saturated carbocycles. The fourth-order valence-corrected chi connectivity index (χ4v) is 3.22. The monoisotopic (exact) mass is 411 g/mol. The predicted octanol–water partition coefficient (Wildman–Crippen LogP) is 4.18. The highest BCUT2D eigenvalue weighted by atomic mass is 16.5. The average Bonchev–Trinajstić information content (AvgIpc) is 3.18. The van der Waals surface area contributed by atoms with Crippen molar-refractivity contribution < 1.29 is 24.1 Å². The largest absolute Gasteiger partial charge is 0.491 e. The van der Waals surface area contributed by atoms with Gasteiger partial charge in [-0.2, -0.15) is 0 Å². The molecule has 6 heteroatoms. The number of hydrogen-bond donors (Lipinski definition) is 3. The summed E-state index contributed by atoms with van der Waals surface area (Å²) in [6, 6.07) is 18.5. The molecular weight excluding hydrogens is 382 g/mol. The Bertz CT molecular complexity index is 937. The van der Waals surface area contributed by atoms with Crippen LogP contribution in [-0.4, -0.2) is 42.7 Å². The van der Waals surface area contributed by atoms with Gasteiger partial charge in [0.2, 0.25) is 0 Å². The van der Waals surface area contributed by atoms with Gasteiger partial charge in [-0.15, -0.1) is 0 Å². The number of furan rings is 1. The van der Waals surface area contributed by atoms with E-state index in [2.05, 4.69) is 5.32 Å². The second kappa shape index (κ2) is 10.3. The number of aliphatic hydroxyl groups excluding tert-OH is 2. The van der Waals surface area contributed by atoms with Crippen LogP contribution in [0.2, 0.25) is 0 Å². The van der Waals surface area contributed by atoms with Crippen LogP contribution in [0.3, 0.4) is 0 Å². The van der Waals surface area contributed by atoms with E-state index >= 15 is 0 Å². The third kappa shape index (κ3) is 5.63. The van der Waals surface area contributed by atoms with Crippen molar-refractivity contribution in [1.29, 1.82) is 0 Å². The average molecular weight is 411 g/mol. The standard InChI is InChI=1S/C24H29NO5/c1-16-10-11-22(30-16)18-6-4-8-20(14-18)25-23(24(27)17(2)26)19-7-5-9-21(15-19)29-13-12-28-3/h4-11,14-15,17,23-27H,12-13H2,1-3H3/t17-,23+,24+/m0/s1. The Balaban J connectivity index is 1.86. The summed E-state index contributed by atoms with van der Waals surface area (Å²) in [7, 11) is 1.62. The van der Waals surface area contributed by atoms with E-state index in [1.807, 2.05) is 67.6 Å². The summed E-state index contributed by atoms with van der Waals surface area (Å²) < 4.78 is 16.4. The third-order valence-corrected chi connectivity index (χ3v) is 4.82. The van der Waals surface area contributed by atoms with Gasteiger partial charge < -0.3 is 29.4 Å². The van der Waals surface area contributed by atoms with Crippen LogP contribution in [0.1, 0.15) is 24.3 Å². The van der Waals surface area contributed by atoms with E-state index in [4.69, 9.17) is 13.9 Å².